The first-order valence-corrected chi connectivity index (χ1v) is 8.18. The summed E-state index contributed by atoms with van der Waals surface area (Å²) < 4.78 is 11.3. The van der Waals surface area contributed by atoms with Crippen molar-refractivity contribution in [1.29, 1.82) is 0 Å². The maximum atomic E-state index is 6.22. The Balaban J connectivity index is 1.50. The van der Waals surface area contributed by atoms with Gasteiger partial charge < -0.3 is 15.2 Å². The van der Waals surface area contributed by atoms with Crippen molar-refractivity contribution < 1.29 is 9.47 Å². The Morgan fingerprint density at radius 3 is 2.10 bits per heavy atom. The number of benzene rings is 1. The summed E-state index contributed by atoms with van der Waals surface area (Å²) in [6.45, 7) is 4.63. The van der Waals surface area contributed by atoms with Crippen molar-refractivity contribution in [2.24, 2.45) is 11.8 Å². The van der Waals surface area contributed by atoms with Crippen molar-refractivity contribution in [2.75, 3.05) is 32.0 Å². The highest BCUT2D eigenvalue weighted by Gasteiger charge is 2.29. The lowest BCUT2D eigenvalue weighted by Crippen LogP contribution is -2.28. The van der Waals surface area contributed by atoms with Crippen LogP contribution in [0.2, 0.25) is 0 Å². The van der Waals surface area contributed by atoms with E-state index in [1.54, 1.807) is 0 Å². The molecule has 4 nitrogen and oxygen atoms in total. The third-order valence-electron chi connectivity index (χ3n) is 4.62. The van der Waals surface area contributed by atoms with Gasteiger partial charge in [0.05, 0.1) is 0 Å². The minimum absolute atomic E-state index is 0.612. The van der Waals surface area contributed by atoms with Crippen LogP contribution in [0.25, 0.3) is 0 Å². The number of nitrogens with zero attached hydrogens (tertiary/aromatic N) is 1. The molecule has 2 aliphatic carbocycles. The molecule has 0 unspecified atom stereocenters. The maximum absolute atomic E-state index is 6.22. The lowest BCUT2D eigenvalue weighted by Gasteiger charge is -2.25. The van der Waals surface area contributed by atoms with Crippen molar-refractivity contribution >= 4 is 5.69 Å². The highest BCUT2D eigenvalue weighted by Crippen LogP contribution is 2.37. The molecule has 1 aromatic rings. The van der Waals surface area contributed by atoms with Crippen molar-refractivity contribution in [3.8, 4) is 11.5 Å². The van der Waals surface area contributed by atoms with Crippen LogP contribution in [-0.4, -0.2) is 31.2 Å². The molecule has 2 saturated carbocycles. The summed E-state index contributed by atoms with van der Waals surface area (Å²) in [6, 6.07) is 4.01. The molecular formula is C17H24N2O2. The predicted octanol–water partition coefficient (Wildman–Crippen LogP) is 2.66. The van der Waals surface area contributed by atoms with Gasteiger partial charge in [-0.25, -0.2) is 0 Å². The molecular weight excluding hydrogens is 264 g/mol. The van der Waals surface area contributed by atoms with Gasteiger partial charge in [-0.15, -0.1) is 0 Å². The summed E-state index contributed by atoms with van der Waals surface area (Å²) in [4.78, 5) is 2.59. The summed E-state index contributed by atoms with van der Waals surface area (Å²) in [7, 11) is 0. The first-order chi connectivity index (χ1) is 10.3. The van der Waals surface area contributed by atoms with E-state index in [9.17, 15) is 0 Å². The summed E-state index contributed by atoms with van der Waals surface area (Å²) in [6.07, 6.45) is 5.60. The van der Waals surface area contributed by atoms with E-state index >= 15 is 0 Å². The van der Waals surface area contributed by atoms with Gasteiger partial charge in [0.2, 0.25) is 0 Å². The van der Waals surface area contributed by atoms with E-state index in [2.05, 4.69) is 11.0 Å². The molecule has 0 atom stereocenters. The standard InChI is InChI=1S/C17H24N2O2/c18-15-8-17-16(20-5-6-21-17)7-14(15)11-19(9-12-1-2-12)10-13-3-4-13/h7-8,12-13H,1-6,9-11,18H2. The Kier molecular flexibility index (Phi) is 3.42. The van der Waals surface area contributed by atoms with Gasteiger partial charge >= 0.3 is 0 Å². The zero-order valence-electron chi connectivity index (χ0n) is 12.5. The summed E-state index contributed by atoms with van der Waals surface area (Å²) >= 11 is 0. The molecule has 1 aliphatic heterocycles. The number of anilines is 1. The first kappa shape index (κ1) is 13.3. The minimum atomic E-state index is 0.612. The second-order valence-corrected chi connectivity index (χ2v) is 6.78. The van der Waals surface area contributed by atoms with Crippen molar-refractivity contribution in [3.05, 3.63) is 17.7 Å². The van der Waals surface area contributed by atoms with Crippen LogP contribution in [-0.2, 0) is 6.54 Å². The average molecular weight is 288 g/mol. The number of rotatable bonds is 6. The molecule has 0 saturated heterocycles. The lowest BCUT2D eigenvalue weighted by atomic mass is 10.1. The largest absolute Gasteiger partial charge is 0.486 e. The zero-order chi connectivity index (χ0) is 14.2. The smallest absolute Gasteiger partial charge is 0.163 e. The summed E-state index contributed by atoms with van der Waals surface area (Å²) in [5.74, 6) is 3.48. The monoisotopic (exact) mass is 288 g/mol. The Hall–Kier alpha value is -1.42. The second-order valence-electron chi connectivity index (χ2n) is 6.78. The van der Waals surface area contributed by atoms with Gasteiger partial charge in [0.15, 0.2) is 11.5 Å². The number of nitrogen functional groups attached to an aromatic ring is 1. The van der Waals surface area contributed by atoms with Gasteiger partial charge in [-0.05, 0) is 49.1 Å². The van der Waals surface area contributed by atoms with Crippen LogP contribution >= 0.6 is 0 Å². The van der Waals surface area contributed by atoms with E-state index in [1.807, 2.05) is 6.07 Å². The van der Waals surface area contributed by atoms with E-state index in [1.165, 1.54) is 44.3 Å². The number of ether oxygens (including phenoxy) is 2. The Labute approximate surface area is 126 Å². The molecule has 21 heavy (non-hydrogen) atoms. The summed E-state index contributed by atoms with van der Waals surface area (Å²) in [5, 5.41) is 0. The van der Waals surface area contributed by atoms with Crippen LogP contribution < -0.4 is 15.2 Å². The van der Waals surface area contributed by atoms with Gasteiger partial charge in [0.1, 0.15) is 13.2 Å². The van der Waals surface area contributed by atoms with E-state index < -0.39 is 0 Å². The van der Waals surface area contributed by atoms with E-state index in [-0.39, 0.29) is 0 Å². The normalized spacial score (nSPS) is 20.8. The fourth-order valence-electron chi connectivity index (χ4n) is 3.06. The highest BCUT2D eigenvalue weighted by molar-refractivity contribution is 5.58. The topological polar surface area (TPSA) is 47.7 Å². The molecule has 4 heteroatoms. The van der Waals surface area contributed by atoms with Crippen molar-refractivity contribution in [2.45, 2.75) is 32.2 Å². The quantitative estimate of drug-likeness (QED) is 0.818. The molecule has 2 N–H and O–H groups in total. The molecule has 0 amide bonds. The summed E-state index contributed by atoms with van der Waals surface area (Å²) in [5.41, 5.74) is 8.23. The first-order valence-electron chi connectivity index (χ1n) is 8.18. The molecule has 3 aliphatic rings. The van der Waals surface area contributed by atoms with Crippen LogP contribution in [0.15, 0.2) is 12.1 Å². The average Bonchev–Trinajstić information content (AvgIpc) is 3.36. The second kappa shape index (κ2) is 5.41. The minimum Gasteiger partial charge on any atom is -0.486 e. The predicted molar refractivity (Wildman–Crippen MR) is 82.6 cm³/mol. The zero-order valence-corrected chi connectivity index (χ0v) is 12.5. The van der Waals surface area contributed by atoms with Crippen molar-refractivity contribution in [1.82, 2.24) is 4.90 Å². The van der Waals surface area contributed by atoms with Gasteiger partial charge in [0.25, 0.3) is 0 Å². The molecule has 0 spiro atoms. The highest BCUT2D eigenvalue weighted by atomic mass is 16.6. The van der Waals surface area contributed by atoms with E-state index in [0.29, 0.717) is 13.2 Å². The number of hydrogen-bond acceptors (Lipinski definition) is 4. The molecule has 0 bridgehead atoms. The number of nitrogens with two attached hydrogens (primary N) is 1. The van der Waals surface area contributed by atoms with Crippen molar-refractivity contribution in [3.63, 3.8) is 0 Å². The molecule has 2 fully saturated rings. The fourth-order valence-corrected chi connectivity index (χ4v) is 3.06. The van der Waals surface area contributed by atoms with Gasteiger partial charge in [-0.3, -0.25) is 4.90 Å². The van der Waals surface area contributed by atoms with Crippen LogP contribution in [0.5, 0.6) is 11.5 Å². The maximum Gasteiger partial charge on any atom is 0.163 e. The van der Waals surface area contributed by atoms with Gasteiger partial charge in [-0.2, -0.15) is 0 Å². The molecule has 4 rings (SSSR count). The molecule has 0 radical (unpaired) electrons. The van der Waals surface area contributed by atoms with E-state index in [0.717, 1.165) is 35.6 Å². The molecule has 1 aromatic carbocycles. The Bertz CT molecular complexity index is 510. The number of fused-ring (bicyclic) bond motifs is 1. The third-order valence-corrected chi connectivity index (χ3v) is 4.62. The van der Waals surface area contributed by atoms with Gasteiger partial charge in [0, 0.05) is 31.4 Å². The fraction of sp³-hybridized carbons (Fsp3) is 0.647. The van der Waals surface area contributed by atoms with Crippen LogP contribution in [0.4, 0.5) is 5.69 Å². The van der Waals surface area contributed by atoms with Crippen LogP contribution in [0.1, 0.15) is 31.2 Å². The molecule has 114 valence electrons. The Morgan fingerprint density at radius 1 is 0.952 bits per heavy atom. The van der Waals surface area contributed by atoms with E-state index in [4.69, 9.17) is 15.2 Å². The number of hydrogen-bond donors (Lipinski definition) is 1. The Morgan fingerprint density at radius 2 is 1.52 bits per heavy atom. The SMILES string of the molecule is Nc1cc2c(cc1CN(CC1CC1)CC1CC1)OCCO2. The van der Waals surface area contributed by atoms with Crippen LogP contribution in [0, 0.1) is 11.8 Å². The van der Waals surface area contributed by atoms with Crippen LogP contribution in [0.3, 0.4) is 0 Å². The molecule has 0 aromatic heterocycles. The lowest BCUT2D eigenvalue weighted by molar-refractivity contribution is 0.171. The molecule has 1 heterocycles. The van der Waals surface area contributed by atoms with Gasteiger partial charge in [-0.1, -0.05) is 0 Å². The third kappa shape index (κ3) is 3.26.